The Morgan fingerprint density at radius 1 is 1.03 bits per heavy atom. The van der Waals surface area contributed by atoms with Crippen LogP contribution >= 0.6 is 11.6 Å². The van der Waals surface area contributed by atoms with Gasteiger partial charge in [-0.25, -0.2) is 13.1 Å². The van der Waals surface area contributed by atoms with E-state index < -0.39 is 31.7 Å². The van der Waals surface area contributed by atoms with Crippen molar-refractivity contribution in [2.75, 3.05) is 26.3 Å². The second-order valence-corrected chi connectivity index (χ2v) is 8.84. The molecule has 2 aromatic carbocycles. The van der Waals surface area contributed by atoms with Gasteiger partial charge in [0.15, 0.2) is 0 Å². The molecule has 158 valence electrons. The van der Waals surface area contributed by atoms with Crippen molar-refractivity contribution in [3.8, 4) is 0 Å². The molecule has 0 unspecified atom stereocenters. The first kappa shape index (κ1) is 22.0. The molecule has 1 aliphatic heterocycles. The smallest absolute Gasteiger partial charge is 0.379 e. The van der Waals surface area contributed by atoms with Crippen LogP contribution in [0.4, 0.5) is 13.2 Å². The SMILES string of the molecule is O=S(=O)(NCc1ccc(CN2CCOCC2)cc1)c1ccc(Cl)c(C(F)(F)F)c1. The Morgan fingerprint density at radius 2 is 1.66 bits per heavy atom. The van der Waals surface area contributed by atoms with Crippen LogP contribution in [0.15, 0.2) is 47.4 Å². The van der Waals surface area contributed by atoms with Gasteiger partial charge in [-0.15, -0.1) is 0 Å². The quantitative estimate of drug-likeness (QED) is 0.732. The molecule has 10 heteroatoms. The minimum atomic E-state index is -4.74. The first-order valence-corrected chi connectivity index (χ1v) is 10.8. The van der Waals surface area contributed by atoms with Crippen LogP contribution in [0.25, 0.3) is 0 Å². The summed E-state index contributed by atoms with van der Waals surface area (Å²) in [6, 6.07) is 9.91. The highest BCUT2D eigenvalue weighted by atomic mass is 35.5. The molecular formula is C19H20ClF3N2O3S. The molecule has 1 aliphatic rings. The van der Waals surface area contributed by atoms with E-state index in [-0.39, 0.29) is 6.54 Å². The molecule has 1 N–H and O–H groups in total. The summed E-state index contributed by atoms with van der Waals surface area (Å²) >= 11 is 5.54. The molecule has 29 heavy (non-hydrogen) atoms. The molecule has 1 saturated heterocycles. The molecule has 0 atom stereocenters. The van der Waals surface area contributed by atoms with Crippen molar-refractivity contribution in [1.29, 1.82) is 0 Å². The molecule has 0 aromatic heterocycles. The zero-order chi connectivity index (χ0) is 21.1. The van der Waals surface area contributed by atoms with Gasteiger partial charge in [-0.3, -0.25) is 4.90 Å². The second-order valence-electron chi connectivity index (χ2n) is 6.67. The molecule has 3 rings (SSSR count). The van der Waals surface area contributed by atoms with Gasteiger partial charge < -0.3 is 4.74 Å². The number of rotatable bonds is 6. The summed E-state index contributed by atoms with van der Waals surface area (Å²) in [5, 5.41) is -0.549. The van der Waals surface area contributed by atoms with Gasteiger partial charge in [-0.2, -0.15) is 13.2 Å². The molecular weight excluding hydrogens is 429 g/mol. The third kappa shape index (κ3) is 5.93. The van der Waals surface area contributed by atoms with Gasteiger partial charge in [0.25, 0.3) is 0 Å². The van der Waals surface area contributed by atoms with Crippen LogP contribution < -0.4 is 4.72 Å². The Morgan fingerprint density at radius 3 is 2.28 bits per heavy atom. The number of benzene rings is 2. The maximum Gasteiger partial charge on any atom is 0.417 e. The Hall–Kier alpha value is -1.65. The fraction of sp³-hybridized carbons (Fsp3) is 0.368. The molecule has 0 spiro atoms. The molecule has 5 nitrogen and oxygen atoms in total. The lowest BCUT2D eigenvalue weighted by atomic mass is 10.1. The van der Waals surface area contributed by atoms with Crippen molar-refractivity contribution < 1.29 is 26.3 Å². The van der Waals surface area contributed by atoms with Gasteiger partial charge in [0.2, 0.25) is 10.0 Å². The van der Waals surface area contributed by atoms with Gasteiger partial charge in [-0.05, 0) is 29.3 Å². The minimum absolute atomic E-state index is 0.0376. The van der Waals surface area contributed by atoms with E-state index in [0.29, 0.717) is 24.8 Å². The number of halogens is 4. The predicted molar refractivity (Wildman–Crippen MR) is 103 cm³/mol. The lowest BCUT2D eigenvalue weighted by Crippen LogP contribution is -2.35. The number of sulfonamides is 1. The van der Waals surface area contributed by atoms with E-state index in [1.54, 1.807) is 12.1 Å². The normalized spacial score (nSPS) is 16.1. The van der Waals surface area contributed by atoms with E-state index in [0.717, 1.165) is 37.3 Å². The number of hydrogen-bond acceptors (Lipinski definition) is 4. The van der Waals surface area contributed by atoms with E-state index >= 15 is 0 Å². The van der Waals surface area contributed by atoms with Crippen LogP contribution in [0.1, 0.15) is 16.7 Å². The van der Waals surface area contributed by atoms with E-state index in [4.69, 9.17) is 16.3 Å². The fourth-order valence-corrected chi connectivity index (χ4v) is 4.20. The maximum absolute atomic E-state index is 13.0. The second kappa shape index (κ2) is 9.01. The molecule has 1 heterocycles. The van der Waals surface area contributed by atoms with E-state index in [1.807, 2.05) is 12.1 Å². The lowest BCUT2D eigenvalue weighted by molar-refractivity contribution is -0.137. The first-order chi connectivity index (χ1) is 13.6. The fourth-order valence-electron chi connectivity index (χ4n) is 2.93. The van der Waals surface area contributed by atoms with Crippen molar-refractivity contribution in [1.82, 2.24) is 9.62 Å². The number of hydrogen-bond donors (Lipinski definition) is 1. The monoisotopic (exact) mass is 448 g/mol. The van der Waals surface area contributed by atoms with Crippen molar-refractivity contribution >= 4 is 21.6 Å². The first-order valence-electron chi connectivity index (χ1n) is 8.89. The zero-order valence-electron chi connectivity index (χ0n) is 15.4. The Labute approximate surface area is 172 Å². The van der Waals surface area contributed by atoms with Crippen molar-refractivity contribution in [2.24, 2.45) is 0 Å². The Balaban J connectivity index is 1.64. The summed E-state index contributed by atoms with van der Waals surface area (Å²) < 4.78 is 71.3. The average molecular weight is 449 g/mol. The molecule has 1 fully saturated rings. The highest BCUT2D eigenvalue weighted by molar-refractivity contribution is 7.89. The van der Waals surface area contributed by atoms with Gasteiger partial charge in [0.1, 0.15) is 0 Å². The topological polar surface area (TPSA) is 58.6 Å². The third-order valence-corrected chi connectivity index (χ3v) is 6.28. The molecule has 2 aromatic rings. The molecule has 0 radical (unpaired) electrons. The third-order valence-electron chi connectivity index (χ3n) is 4.55. The largest absolute Gasteiger partial charge is 0.417 e. The predicted octanol–water partition coefficient (Wildman–Crippen LogP) is 3.67. The minimum Gasteiger partial charge on any atom is -0.379 e. The standard InChI is InChI=1S/C19H20ClF3N2O3S/c20-18-6-5-16(11-17(18)19(21,22)23)29(26,27)24-12-14-1-3-15(4-2-14)13-25-7-9-28-10-8-25/h1-6,11,24H,7-10,12-13H2. The number of alkyl halides is 3. The van der Waals surface area contributed by atoms with Gasteiger partial charge >= 0.3 is 6.18 Å². The van der Waals surface area contributed by atoms with Crippen molar-refractivity contribution in [2.45, 2.75) is 24.2 Å². The average Bonchev–Trinajstić information content (AvgIpc) is 2.67. The van der Waals surface area contributed by atoms with Crippen molar-refractivity contribution in [3.05, 3.63) is 64.2 Å². The van der Waals surface area contributed by atoms with Gasteiger partial charge in [0.05, 0.1) is 28.7 Å². The molecule has 0 amide bonds. The number of ether oxygens (including phenoxy) is 1. The van der Waals surface area contributed by atoms with Gasteiger partial charge in [-0.1, -0.05) is 35.9 Å². The summed E-state index contributed by atoms with van der Waals surface area (Å²) in [4.78, 5) is 1.78. The van der Waals surface area contributed by atoms with E-state index in [2.05, 4.69) is 9.62 Å². The van der Waals surface area contributed by atoms with E-state index in [9.17, 15) is 21.6 Å². The van der Waals surface area contributed by atoms with Gasteiger partial charge in [0, 0.05) is 26.2 Å². The molecule has 0 saturated carbocycles. The maximum atomic E-state index is 13.0. The lowest BCUT2D eigenvalue weighted by Gasteiger charge is -2.26. The molecule has 0 aliphatic carbocycles. The van der Waals surface area contributed by atoms with E-state index in [1.165, 1.54) is 0 Å². The van der Waals surface area contributed by atoms with Crippen LogP contribution in [-0.2, 0) is 34.0 Å². The zero-order valence-corrected chi connectivity index (χ0v) is 16.9. The summed E-state index contributed by atoms with van der Waals surface area (Å²) in [7, 11) is -4.12. The Kier molecular flexibility index (Phi) is 6.85. The van der Waals surface area contributed by atoms with Crippen molar-refractivity contribution in [3.63, 3.8) is 0 Å². The van der Waals surface area contributed by atoms with Crippen LogP contribution in [0.5, 0.6) is 0 Å². The number of nitrogens with one attached hydrogen (secondary N) is 1. The summed E-state index contributed by atoms with van der Waals surface area (Å²) in [5.41, 5.74) is 0.602. The van der Waals surface area contributed by atoms with Crippen LogP contribution in [0.2, 0.25) is 5.02 Å². The van der Waals surface area contributed by atoms with Crippen LogP contribution in [0.3, 0.4) is 0 Å². The summed E-state index contributed by atoms with van der Waals surface area (Å²) in [6.07, 6.45) is -4.74. The number of nitrogens with zero attached hydrogens (tertiary/aromatic N) is 1. The molecule has 0 bridgehead atoms. The highest BCUT2D eigenvalue weighted by Crippen LogP contribution is 2.35. The Bertz CT molecular complexity index is 944. The number of morpholine rings is 1. The van der Waals surface area contributed by atoms with Crippen LogP contribution in [-0.4, -0.2) is 39.6 Å². The highest BCUT2D eigenvalue weighted by Gasteiger charge is 2.34. The summed E-state index contributed by atoms with van der Waals surface area (Å²) in [6.45, 7) is 3.89. The summed E-state index contributed by atoms with van der Waals surface area (Å²) in [5.74, 6) is 0. The van der Waals surface area contributed by atoms with Crippen LogP contribution in [0, 0.1) is 0 Å².